The van der Waals surface area contributed by atoms with Crippen LogP contribution in [0.15, 0.2) is 59.9 Å². The molecule has 0 aliphatic carbocycles. The van der Waals surface area contributed by atoms with Crippen molar-refractivity contribution in [2.24, 2.45) is 5.73 Å². The first-order valence-corrected chi connectivity index (χ1v) is 10.3. The quantitative estimate of drug-likeness (QED) is 0.647. The average molecular weight is 431 g/mol. The van der Waals surface area contributed by atoms with Gasteiger partial charge in [0.15, 0.2) is 0 Å². The summed E-state index contributed by atoms with van der Waals surface area (Å²) in [6.45, 7) is 4.22. The second kappa shape index (κ2) is 6.62. The number of benzene rings is 2. The lowest BCUT2D eigenvalue weighted by Gasteiger charge is -2.34. The molecular weight excluding hydrogens is 412 g/mol. The number of fused-ring (bicyclic) bond motifs is 4. The molecule has 3 N–H and O–H groups in total. The van der Waals surface area contributed by atoms with Crippen molar-refractivity contribution in [2.45, 2.75) is 19.3 Å². The number of nitrogens with two attached hydrogens (primary N) is 1. The lowest BCUT2D eigenvalue weighted by atomic mass is 9.68. The van der Waals surface area contributed by atoms with Gasteiger partial charge in [0, 0.05) is 28.4 Å². The van der Waals surface area contributed by atoms with Crippen molar-refractivity contribution in [2.75, 3.05) is 16.8 Å². The van der Waals surface area contributed by atoms with E-state index in [4.69, 9.17) is 22.4 Å². The number of nitrogens with one attached hydrogen (secondary N) is 1. The number of likely N-dealkylation sites (N-methyl/N-ethyl adjacent to an activating group) is 1. The summed E-state index contributed by atoms with van der Waals surface area (Å²) < 4.78 is 1.68. The monoisotopic (exact) mass is 430 g/mol. The van der Waals surface area contributed by atoms with E-state index < -0.39 is 5.41 Å². The normalized spacial score (nSPS) is 19.3. The third-order valence-electron chi connectivity index (χ3n) is 5.98. The van der Waals surface area contributed by atoms with E-state index in [0.717, 1.165) is 16.9 Å². The Morgan fingerprint density at radius 3 is 2.74 bits per heavy atom. The maximum atomic E-state index is 14.0. The van der Waals surface area contributed by atoms with Crippen LogP contribution in [0.3, 0.4) is 0 Å². The predicted octanol–water partition coefficient (Wildman–Crippen LogP) is 3.61. The van der Waals surface area contributed by atoms with E-state index in [9.17, 15) is 10.1 Å². The van der Waals surface area contributed by atoms with Gasteiger partial charge in [-0.25, -0.2) is 4.68 Å². The van der Waals surface area contributed by atoms with E-state index in [1.807, 2.05) is 50.2 Å². The first-order chi connectivity index (χ1) is 14.9. The number of nitriles is 1. The average Bonchev–Trinajstić information content (AvgIpc) is 3.21. The maximum absolute atomic E-state index is 14.0. The number of hydrogen-bond donors (Lipinski definition) is 2. The molecule has 154 valence electrons. The van der Waals surface area contributed by atoms with Crippen molar-refractivity contribution in [3.63, 3.8) is 0 Å². The first kappa shape index (κ1) is 19.2. The van der Waals surface area contributed by atoms with E-state index in [0.29, 0.717) is 28.6 Å². The summed E-state index contributed by atoms with van der Waals surface area (Å²) in [7, 11) is 0. The van der Waals surface area contributed by atoms with Crippen LogP contribution in [0.5, 0.6) is 0 Å². The van der Waals surface area contributed by atoms with Gasteiger partial charge in [-0.15, -0.1) is 0 Å². The maximum Gasteiger partial charge on any atom is 0.247 e. The fourth-order valence-corrected chi connectivity index (χ4v) is 4.98. The number of aryl methyl sites for hydroxylation is 1. The van der Waals surface area contributed by atoms with Crippen LogP contribution < -0.4 is 16.0 Å². The van der Waals surface area contributed by atoms with Crippen molar-refractivity contribution in [1.29, 1.82) is 5.26 Å². The number of carbonyl (C=O) groups excluding carboxylic acids is 1. The summed E-state index contributed by atoms with van der Waals surface area (Å²) in [5.74, 6) is 0.490. The van der Waals surface area contributed by atoms with Crippen LogP contribution in [0.25, 0.3) is 5.69 Å². The number of halogens is 1. The van der Waals surface area contributed by atoms with Crippen molar-refractivity contribution in [3.8, 4) is 11.8 Å². The number of anilines is 2. The van der Waals surface area contributed by atoms with Gasteiger partial charge in [-0.1, -0.05) is 35.9 Å². The second-order valence-electron chi connectivity index (χ2n) is 7.54. The largest absolute Gasteiger partial charge is 0.384 e. The standard InChI is InChI=1S/C23H19ClN6O/c1-3-29-18-10-5-4-9-16(18)23(22(29)31)17(12-25)20(26)27-21-19(23)13(2)28-30(21)15-8-6-7-14(24)11-15/h4-11,27H,3,26H2,1-2H3. The highest BCUT2D eigenvalue weighted by Crippen LogP contribution is 2.55. The molecule has 0 saturated carbocycles. The number of nitrogens with zero attached hydrogens (tertiary/aromatic N) is 4. The van der Waals surface area contributed by atoms with E-state index in [2.05, 4.69) is 11.4 Å². The van der Waals surface area contributed by atoms with Crippen LogP contribution >= 0.6 is 11.6 Å². The third-order valence-corrected chi connectivity index (χ3v) is 6.21. The van der Waals surface area contributed by atoms with Gasteiger partial charge in [0.1, 0.15) is 23.1 Å². The molecule has 0 fully saturated rings. The zero-order chi connectivity index (χ0) is 21.9. The van der Waals surface area contributed by atoms with E-state index in [-0.39, 0.29) is 17.3 Å². The van der Waals surface area contributed by atoms with Gasteiger partial charge in [-0.2, -0.15) is 10.4 Å². The molecule has 2 aromatic carbocycles. The van der Waals surface area contributed by atoms with Crippen LogP contribution in [-0.4, -0.2) is 22.2 Å². The molecule has 2 aliphatic heterocycles. The molecule has 1 unspecified atom stereocenters. The molecule has 5 rings (SSSR count). The van der Waals surface area contributed by atoms with E-state index in [1.165, 1.54) is 0 Å². The van der Waals surface area contributed by atoms with Crippen LogP contribution in [0, 0.1) is 18.3 Å². The van der Waals surface area contributed by atoms with Crippen LogP contribution in [-0.2, 0) is 10.2 Å². The number of hydrogen-bond acceptors (Lipinski definition) is 5. The molecule has 1 atom stereocenters. The number of para-hydroxylation sites is 1. The fourth-order valence-electron chi connectivity index (χ4n) is 4.80. The smallest absolute Gasteiger partial charge is 0.247 e. The summed E-state index contributed by atoms with van der Waals surface area (Å²) in [6, 6.07) is 17.0. The molecule has 31 heavy (non-hydrogen) atoms. The first-order valence-electron chi connectivity index (χ1n) is 9.90. The van der Waals surface area contributed by atoms with Crippen LogP contribution in [0.4, 0.5) is 11.5 Å². The summed E-state index contributed by atoms with van der Waals surface area (Å²) in [6.07, 6.45) is 0. The molecule has 2 aliphatic rings. The van der Waals surface area contributed by atoms with Crippen molar-refractivity contribution in [3.05, 3.63) is 81.8 Å². The highest BCUT2D eigenvalue weighted by Gasteiger charge is 2.59. The number of carbonyl (C=O) groups is 1. The van der Waals surface area contributed by atoms with Gasteiger partial charge in [0.05, 0.1) is 17.0 Å². The Balaban J connectivity index is 1.90. The fraction of sp³-hybridized carbons (Fsp3) is 0.174. The zero-order valence-corrected chi connectivity index (χ0v) is 17.7. The number of rotatable bonds is 2. The molecule has 1 aromatic heterocycles. The predicted molar refractivity (Wildman–Crippen MR) is 119 cm³/mol. The van der Waals surface area contributed by atoms with Gasteiger partial charge in [-0.3, -0.25) is 4.79 Å². The summed E-state index contributed by atoms with van der Waals surface area (Å²) >= 11 is 6.21. The second-order valence-corrected chi connectivity index (χ2v) is 7.98. The Hall–Kier alpha value is -3.76. The van der Waals surface area contributed by atoms with Crippen molar-refractivity contribution < 1.29 is 4.79 Å². The van der Waals surface area contributed by atoms with Gasteiger partial charge in [0.25, 0.3) is 0 Å². The third kappa shape index (κ3) is 2.34. The molecule has 7 nitrogen and oxygen atoms in total. The molecule has 1 spiro atoms. The molecule has 3 aromatic rings. The zero-order valence-electron chi connectivity index (χ0n) is 17.0. The highest BCUT2D eigenvalue weighted by atomic mass is 35.5. The number of aromatic nitrogens is 2. The minimum atomic E-state index is -1.35. The van der Waals surface area contributed by atoms with Gasteiger partial charge in [0.2, 0.25) is 5.91 Å². The topological polar surface area (TPSA) is 100.0 Å². The highest BCUT2D eigenvalue weighted by molar-refractivity contribution is 6.30. The molecule has 0 radical (unpaired) electrons. The van der Waals surface area contributed by atoms with Gasteiger partial charge in [-0.05, 0) is 38.1 Å². The number of amides is 1. The van der Waals surface area contributed by atoms with Crippen molar-refractivity contribution >= 4 is 29.0 Å². The van der Waals surface area contributed by atoms with E-state index >= 15 is 0 Å². The Labute approximate surface area is 184 Å². The summed E-state index contributed by atoms with van der Waals surface area (Å²) in [4.78, 5) is 15.7. The lowest BCUT2D eigenvalue weighted by Crippen LogP contribution is -2.46. The minimum absolute atomic E-state index is 0.138. The molecule has 0 bridgehead atoms. The molecule has 0 saturated heterocycles. The summed E-state index contributed by atoms with van der Waals surface area (Å²) in [5.41, 5.74) is 8.68. The van der Waals surface area contributed by atoms with Gasteiger partial charge >= 0.3 is 0 Å². The van der Waals surface area contributed by atoms with Crippen molar-refractivity contribution in [1.82, 2.24) is 9.78 Å². The molecular formula is C23H19ClN6O. The van der Waals surface area contributed by atoms with Crippen LogP contribution in [0.2, 0.25) is 5.02 Å². The van der Waals surface area contributed by atoms with E-state index in [1.54, 1.807) is 21.7 Å². The van der Waals surface area contributed by atoms with Crippen LogP contribution in [0.1, 0.15) is 23.7 Å². The lowest BCUT2D eigenvalue weighted by molar-refractivity contribution is -0.120. The van der Waals surface area contributed by atoms with Gasteiger partial charge < -0.3 is 16.0 Å². The molecule has 8 heteroatoms. The Kier molecular flexibility index (Phi) is 4.11. The SMILES string of the molecule is CCN1C(=O)C2(C(C#N)=C(N)Nc3c2c(C)nn3-c2cccc(Cl)c2)c2ccccc21. The Morgan fingerprint density at radius 2 is 2.03 bits per heavy atom. The molecule has 3 heterocycles. The Bertz CT molecular complexity index is 1330. The molecule has 1 amide bonds. The summed E-state index contributed by atoms with van der Waals surface area (Å²) in [5, 5.41) is 18.5. The Morgan fingerprint density at radius 1 is 1.26 bits per heavy atom. The minimum Gasteiger partial charge on any atom is -0.384 e.